The first kappa shape index (κ1) is 12.7. The Balaban J connectivity index is 2.63. The molecule has 0 aliphatic heterocycles. The summed E-state index contributed by atoms with van der Waals surface area (Å²) in [7, 11) is 0. The summed E-state index contributed by atoms with van der Waals surface area (Å²) in [6, 6.07) is 0.437. The van der Waals surface area contributed by atoms with Crippen molar-refractivity contribution in [3.8, 4) is 0 Å². The first-order valence-corrected chi connectivity index (χ1v) is 5.92. The van der Waals surface area contributed by atoms with Crippen LogP contribution in [0, 0.1) is 10.8 Å². The highest BCUT2D eigenvalue weighted by atomic mass is 32.1. The number of thiocarbonyl (C=S) groups is 1. The lowest BCUT2D eigenvalue weighted by molar-refractivity contribution is 0.0921. The zero-order chi connectivity index (χ0) is 11.7. The van der Waals surface area contributed by atoms with E-state index >= 15 is 0 Å². The van der Waals surface area contributed by atoms with Crippen LogP contribution in [0.3, 0.4) is 0 Å². The summed E-state index contributed by atoms with van der Waals surface area (Å²) in [5.41, 5.74) is 3.24. The van der Waals surface area contributed by atoms with Crippen LogP contribution >= 0.6 is 12.2 Å². The summed E-state index contributed by atoms with van der Waals surface area (Å²) in [4.78, 5) is 0. The van der Waals surface area contributed by atoms with Gasteiger partial charge < -0.3 is 10.7 Å². The van der Waals surface area contributed by atoms with Gasteiger partial charge in [-0.25, -0.2) is 5.84 Å². The van der Waals surface area contributed by atoms with Crippen molar-refractivity contribution in [1.82, 2.24) is 10.7 Å². The van der Waals surface area contributed by atoms with Crippen molar-refractivity contribution >= 4 is 17.3 Å². The molecule has 0 spiro atoms. The lowest BCUT2D eigenvalue weighted by atomic mass is 9.63. The van der Waals surface area contributed by atoms with Crippen molar-refractivity contribution in [3.63, 3.8) is 0 Å². The molecule has 0 bridgehead atoms. The van der Waals surface area contributed by atoms with E-state index in [0.717, 1.165) is 12.8 Å². The molecule has 4 heteroatoms. The van der Waals surface area contributed by atoms with E-state index in [1.54, 1.807) is 0 Å². The van der Waals surface area contributed by atoms with Crippen LogP contribution in [0.5, 0.6) is 0 Å². The van der Waals surface area contributed by atoms with Crippen LogP contribution in [0.1, 0.15) is 47.0 Å². The monoisotopic (exact) mass is 229 g/mol. The summed E-state index contributed by atoms with van der Waals surface area (Å²) in [6.07, 6.45) is 3.57. The molecule has 1 rings (SSSR count). The van der Waals surface area contributed by atoms with Crippen LogP contribution in [-0.4, -0.2) is 11.2 Å². The minimum absolute atomic E-state index is 0.379. The number of hydrogen-bond donors (Lipinski definition) is 3. The molecule has 15 heavy (non-hydrogen) atoms. The molecule has 0 unspecified atom stereocenters. The predicted molar refractivity (Wildman–Crippen MR) is 68.3 cm³/mol. The molecule has 4 N–H and O–H groups in total. The Hall–Kier alpha value is -0.350. The molecule has 1 aliphatic carbocycles. The quantitative estimate of drug-likeness (QED) is 0.365. The molecule has 0 saturated heterocycles. The largest absolute Gasteiger partial charge is 0.359 e. The Morgan fingerprint density at radius 3 is 2.07 bits per heavy atom. The van der Waals surface area contributed by atoms with Gasteiger partial charge in [-0.05, 0) is 42.3 Å². The van der Waals surface area contributed by atoms with Gasteiger partial charge in [0.15, 0.2) is 5.11 Å². The van der Waals surface area contributed by atoms with Crippen LogP contribution in [0.4, 0.5) is 0 Å². The van der Waals surface area contributed by atoms with Crippen LogP contribution < -0.4 is 16.6 Å². The lowest BCUT2D eigenvalue weighted by Crippen LogP contribution is -2.50. The molecule has 0 aromatic heterocycles. The summed E-state index contributed by atoms with van der Waals surface area (Å²) in [6.45, 7) is 9.28. The Bertz CT molecular complexity index is 232. The smallest absolute Gasteiger partial charge is 0.180 e. The van der Waals surface area contributed by atoms with Gasteiger partial charge >= 0.3 is 0 Å². The normalized spacial score (nSPS) is 24.6. The maximum atomic E-state index is 5.27. The van der Waals surface area contributed by atoms with Crippen LogP contribution in [0.2, 0.25) is 0 Å². The summed E-state index contributed by atoms with van der Waals surface area (Å²) >= 11 is 5.04. The van der Waals surface area contributed by atoms with Crippen molar-refractivity contribution in [3.05, 3.63) is 0 Å². The number of nitrogens with two attached hydrogens (primary N) is 1. The van der Waals surface area contributed by atoms with Gasteiger partial charge in [0, 0.05) is 6.04 Å². The molecule has 1 fully saturated rings. The first-order valence-electron chi connectivity index (χ1n) is 5.51. The van der Waals surface area contributed by atoms with Gasteiger partial charge in [0.25, 0.3) is 0 Å². The molecule has 0 aromatic carbocycles. The Kier molecular flexibility index (Phi) is 3.61. The van der Waals surface area contributed by atoms with Gasteiger partial charge in [-0.15, -0.1) is 0 Å². The van der Waals surface area contributed by atoms with Gasteiger partial charge in [0.1, 0.15) is 0 Å². The van der Waals surface area contributed by atoms with Crippen LogP contribution in [0.15, 0.2) is 0 Å². The maximum absolute atomic E-state index is 5.27. The Labute approximate surface area is 98.2 Å². The second kappa shape index (κ2) is 4.26. The number of hydrogen-bond acceptors (Lipinski definition) is 2. The molecule has 0 radical (unpaired) electrons. The van der Waals surface area contributed by atoms with E-state index in [0.29, 0.717) is 22.0 Å². The number of hydrazine groups is 1. The Morgan fingerprint density at radius 1 is 1.20 bits per heavy atom. The van der Waals surface area contributed by atoms with Gasteiger partial charge in [-0.1, -0.05) is 27.7 Å². The second-order valence-corrected chi connectivity index (χ2v) is 6.64. The van der Waals surface area contributed by atoms with Crippen molar-refractivity contribution in [2.45, 2.75) is 53.0 Å². The molecule has 88 valence electrons. The zero-order valence-corrected chi connectivity index (χ0v) is 11.0. The molecule has 1 saturated carbocycles. The van der Waals surface area contributed by atoms with E-state index in [4.69, 9.17) is 18.1 Å². The lowest BCUT2D eigenvalue weighted by Gasteiger charge is -2.45. The summed E-state index contributed by atoms with van der Waals surface area (Å²) < 4.78 is 0. The Morgan fingerprint density at radius 2 is 1.67 bits per heavy atom. The fourth-order valence-corrected chi connectivity index (χ4v) is 3.34. The standard InChI is InChI=1S/C11H23N3S/c1-10(2)5-8(13-9(15)14-12)6-11(3,4)7-10/h8H,5-7,12H2,1-4H3,(H2,13,14,15). The van der Waals surface area contributed by atoms with Gasteiger partial charge in [0.05, 0.1) is 0 Å². The molecule has 1 aliphatic rings. The SMILES string of the molecule is CC1(C)CC(NC(=S)NN)CC(C)(C)C1. The average Bonchev–Trinajstić information content (AvgIpc) is 1.97. The first-order chi connectivity index (χ1) is 6.74. The van der Waals surface area contributed by atoms with Gasteiger partial charge in [-0.3, -0.25) is 0 Å². The highest BCUT2D eigenvalue weighted by Crippen LogP contribution is 2.45. The van der Waals surface area contributed by atoms with E-state index in [1.165, 1.54) is 6.42 Å². The minimum Gasteiger partial charge on any atom is -0.359 e. The third-order valence-corrected chi connectivity index (χ3v) is 3.26. The van der Waals surface area contributed by atoms with Gasteiger partial charge in [-0.2, -0.15) is 0 Å². The summed E-state index contributed by atoms with van der Waals surface area (Å²) in [5.74, 6) is 5.27. The molecule has 0 amide bonds. The van der Waals surface area contributed by atoms with Crippen LogP contribution in [-0.2, 0) is 0 Å². The van der Waals surface area contributed by atoms with Gasteiger partial charge in [0.2, 0.25) is 0 Å². The second-order valence-electron chi connectivity index (χ2n) is 6.23. The molecule has 0 heterocycles. The third-order valence-electron chi connectivity index (χ3n) is 3.02. The molecular formula is C11H23N3S. The minimum atomic E-state index is 0.379. The average molecular weight is 229 g/mol. The van der Waals surface area contributed by atoms with Crippen molar-refractivity contribution in [2.24, 2.45) is 16.7 Å². The topological polar surface area (TPSA) is 50.1 Å². The van der Waals surface area contributed by atoms with Crippen molar-refractivity contribution in [2.75, 3.05) is 0 Å². The molecule has 0 atom stereocenters. The zero-order valence-electron chi connectivity index (χ0n) is 10.2. The summed E-state index contributed by atoms with van der Waals surface area (Å²) in [5, 5.41) is 3.82. The molecule has 3 nitrogen and oxygen atoms in total. The maximum Gasteiger partial charge on any atom is 0.180 e. The van der Waals surface area contributed by atoms with Crippen molar-refractivity contribution in [1.29, 1.82) is 0 Å². The highest BCUT2D eigenvalue weighted by molar-refractivity contribution is 7.80. The van der Waals surface area contributed by atoms with E-state index in [1.807, 2.05) is 0 Å². The third kappa shape index (κ3) is 3.95. The van der Waals surface area contributed by atoms with Crippen molar-refractivity contribution < 1.29 is 0 Å². The van der Waals surface area contributed by atoms with E-state index in [9.17, 15) is 0 Å². The van der Waals surface area contributed by atoms with E-state index in [2.05, 4.69) is 38.4 Å². The highest BCUT2D eigenvalue weighted by Gasteiger charge is 2.38. The van der Waals surface area contributed by atoms with E-state index in [-0.39, 0.29) is 0 Å². The molecular weight excluding hydrogens is 206 g/mol. The molecule has 0 aromatic rings. The fourth-order valence-electron chi connectivity index (χ4n) is 3.18. The van der Waals surface area contributed by atoms with Crippen LogP contribution in [0.25, 0.3) is 0 Å². The predicted octanol–water partition coefficient (Wildman–Crippen LogP) is 1.93. The fraction of sp³-hybridized carbons (Fsp3) is 0.909. The van der Waals surface area contributed by atoms with E-state index < -0.39 is 0 Å². The number of rotatable bonds is 1. The number of nitrogens with one attached hydrogen (secondary N) is 2.